The number of carbonyl (C=O) groups excluding carboxylic acids is 1. The van der Waals surface area contributed by atoms with Crippen LogP contribution < -0.4 is 15.6 Å². The summed E-state index contributed by atoms with van der Waals surface area (Å²) in [6, 6.07) is 9.20. The number of hydrogen-bond acceptors (Lipinski definition) is 6. The Bertz CT molecular complexity index is 1130. The van der Waals surface area contributed by atoms with E-state index >= 15 is 0 Å². The zero-order chi connectivity index (χ0) is 22.5. The molecule has 0 atom stereocenters. The van der Waals surface area contributed by atoms with Gasteiger partial charge in [0.25, 0.3) is 5.56 Å². The zero-order valence-corrected chi connectivity index (χ0v) is 18.7. The summed E-state index contributed by atoms with van der Waals surface area (Å²) in [6.07, 6.45) is 5.01. The minimum Gasteiger partial charge on any atom is -0.497 e. The number of nitrogens with one attached hydrogen (secondary N) is 1. The second kappa shape index (κ2) is 9.95. The van der Waals surface area contributed by atoms with Crippen LogP contribution in [-0.2, 0) is 11.3 Å². The first kappa shape index (κ1) is 22.0. The van der Waals surface area contributed by atoms with Crippen molar-refractivity contribution < 1.29 is 9.53 Å². The van der Waals surface area contributed by atoms with Crippen LogP contribution in [0.25, 0.3) is 16.8 Å². The fraction of sp³-hybridized carbons (Fsp3) is 0.478. The predicted molar refractivity (Wildman–Crippen MR) is 122 cm³/mol. The van der Waals surface area contributed by atoms with E-state index in [1.807, 2.05) is 24.3 Å². The van der Waals surface area contributed by atoms with Crippen molar-refractivity contribution in [2.75, 3.05) is 33.3 Å². The largest absolute Gasteiger partial charge is 0.497 e. The van der Waals surface area contributed by atoms with Crippen LogP contribution in [0.4, 0.5) is 0 Å². The van der Waals surface area contributed by atoms with Crippen molar-refractivity contribution in [2.24, 2.45) is 0 Å². The molecule has 0 spiro atoms. The van der Waals surface area contributed by atoms with Crippen LogP contribution in [0.1, 0.15) is 31.5 Å². The Morgan fingerprint density at radius 2 is 1.81 bits per heavy atom. The highest BCUT2D eigenvalue weighted by atomic mass is 16.5. The summed E-state index contributed by atoms with van der Waals surface area (Å²) in [5.74, 6) is 1.07. The van der Waals surface area contributed by atoms with Crippen molar-refractivity contribution in [1.82, 2.24) is 29.6 Å². The molecule has 0 bridgehead atoms. The fourth-order valence-electron chi connectivity index (χ4n) is 4.09. The number of aromatic nitrogens is 4. The highest BCUT2D eigenvalue weighted by Gasteiger charge is 2.15. The van der Waals surface area contributed by atoms with E-state index in [-0.39, 0.29) is 18.0 Å². The number of amides is 1. The van der Waals surface area contributed by atoms with Crippen molar-refractivity contribution in [1.29, 1.82) is 0 Å². The summed E-state index contributed by atoms with van der Waals surface area (Å²) < 4.78 is 7.93. The van der Waals surface area contributed by atoms with Crippen molar-refractivity contribution >= 4 is 11.4 Å². The predicted octanol–water partition coefficient (Wildman–Crippen LogP) is 1.87. The van der Waals surface area contributed by atoms with Gasteiger partial charge in [0.15, 0.2) is 0 Å². The highest BCUT2D eigenvalue weighted by Crippen LogP contribution is 2.22. The molecule has 0 radical (unpaired) electrons. The van der Waals surface area contributed by atoms with Crippen molar-refractivity contribution in [2.45, 2.75) is 39.2 Å². The van der Waals surface area contributed by atoms with Crippen molar-refractivity contribution in [3.8, 4) is 17.0 Å². The van der Waals surface area contributed by atoms with Gasteiger partial charge in [0.2, 0.25) is 5.91 Å². The normalized spacial score (nSPS) is 14.9. The molecular formula is C23H30N6O3. The van der Waals surface area contributed by atoms with Gasteiger partial charge >= 0.3 is 0 Å². The number of benzene rings is 1. The molecule has 1 fully saturated rings. The molecule has 9 nitrogen and oxygen atoms in total. The lowest BCUT2D eigenvalue weighted by atomic mass is 10.1. The molecule has 1 aromatic carbocycles. The molecule has 1 N–H and O–H groups in total. The summed E-state index contributed by atoms with van der Waals surface area (Å²) in [7, 11) is 1.61. The topological polar surface area (TPSA) is 93.8 Å². The summed E-state index contributed by atoms with van der Waals surface area (Å²) in [5, 5.41) is 11.7. The van der Waals surface area contributed by atoms with Gasteiger partial charge in [0.05, 0.1) is 12.8 Å². The smallest absolute Gasteiger partial charge is 0.293 e. The first-order valence-electron chi connectivity index (χ1n) is 11.2. The van der Waals surface area contributed by atoms with Crippen molar-refractivity contribution in [3.05, 3.63) is 46.5 Å². The molecule has 1 amide bonds. The molecule has 3 aromatic rings. The van der Waals surface area contributed by atoms with Crippen LogP contribution in [0.3, 0.4) is 0 Å². The number of ether oxygens (including phenoxy) is 1. The lowest BCUT2D eigenvalue weighted by Crippen LogP contribution is -2.39. The fourth-order valence-corrected chi connectivity index (χ4v) is 4.09. The van der Waals surface area contributed by atoms with Gasteiger partial charge in [0, 0.05) is 18.7 Å². The molecule has 9 heteroatoms. The van der Waals surface area contributed by atoms with E-state index in [1.54, 1.807) is 20.1 Å². The first-order chi connectivity index (χ1) is 15.5. The van der Waals surface area contributed by atoms with Gasteiger partial charge in [0.1, 0.15) is 23.6 Å². The number of fused-ring (bicyclic) bond motifs is 1. The number of aryl methyl sites for hydroxylation is 1. The van der Waals surface area contributed by atoms with Crippen LogP contribution in [0.2, 0.25) is 0 Å². The van der Waals surface area contributed by atoms with E-state index in [0.29, 0.717) is 23.6 Å². The Morgan fingerprint density at radius 3 is 2.50 bits per heavy atom. The Balaban J connectivity index is 1.45. The first-order valence-corrected chi connectivity index (χ1v) is 11.2. The third kappa shape index (κ3) is 4.99. The number of nitrogens with zero attached hydrogens (tertiary/aromatic N) is 5. The number of rotatable bonds is 7. The summed E-state index contributed by atoms with van der Waals surface area (Å²) >= 11 is 0. The average Bonchev–Trinajstić information content (AvgIpc) is 3.10. The monoisotopic (exact) mass is 438 g/mol. The molecule has 1 aliphatic heterocycles. The second-order valence-electron chi connectivity index (χ2n) is 8.17. The third-order valence-corrected chi connectivity index (χ3v) is 5.86. The van der Waals surface area contributed by atoms with Crippen LogP contribution >= 0.6 is 0 Å². The minimum atomic E-state index is -0.342. The number of hydrogen-bond donors (Lipinski definition) is 1. The van der Waals surface area contributed by atoms with E-state index in [1.165, 1.54) is 34.9 Å². The maximum atomic E-state index is 13.0. The molecule has 1 aliphatic rings. The van der Waals surface area contributed by atoms with Gasteiger partial charge < -0.3 is 15.0 Å². The standard InChI is InChI=1S/C23H30N6O3/c1-17-25-28(16-22(30)24-11-14-27-12-5-3-4-6-13-27)23(31)21-15-20(26-29(17)21)18-7-9-19(32-2)10-8-18/h7-10,15H,3-6,11-14,16H2,1-2H3,(H,24,30). The average molecular weight is 439 g/mol. The maximum Gasteiger partial charge on any atom is 0.293 e. The second-order valence-corrected chi connectivity index (χ2v) is 8.17. The van der Waals surface area contributed by atoms with Crippen LogP contribution in [0.15, 0.2) is 35.1 Å². The number of methoxy groups -OCH3 is 1. The van der Waals surface area contributed by atoms with Gasteiger partial charge in [-0.05, 0) is 63.2 Å². The van der Waals surface area contributed by atoms with E-state index < -0.39 is 0 Å². The van der Waals surface area contributed by atoms with E-state index in [9.17, 15) is 9.59 Å². The van der Waals surface area contributed by atoms with Gasteiger partial charge in [-0.3, -0.25) is 9.59 Å². The highest BCUT2D eigenvalue weighted by molar-refractivity contribution is 5.75. The third-order valence-electron chi connectivity index (χ3n) is 5.86. The van der Waals surface area contributed by atoms with Crippen LogP contribution in [-0.4, -0.2) is 63.5 Å². The minimum absolute atomic E-state index is 0.112. The van der Waals surface area contributed by atoms with E-state index in [2.05, 4.69) is 20.4 Å². The molecule has 32 heavy (non-hydrogen) atoms. The Hall–Kier alpha value is -3.20. The molecule has 1 saturated heterocycles. The maximum absolute atomic E-state index is 13.0. The number of carbonyl (C=O) groups is 1. The molecule has 0 aliphatic carbocycles. The molecule has 3 heterocycles. The van der Waals surface area contributed by atoms with E-state index in [0.717, 1.165) is 30.9 Å². The summed E-state index contributed by atoms with van der Waals surface area (Å²) in [4.78, 5) is 27.8. The van der Waals surface area contributed by atoms with Gasteiger partial charge in [-0.2, -0.15) is 10.2 Å². The van der Waals surface area contributed by atoms with Gasteiger partial charge in [-0.15, -0.1) is 0 Å². The Labute approximate surface area is 187 Å². The summed E-state index contributed by atoms with van der Waals surface area (Å²) in [6.45, 7) is 5.24. The lowest BCUT2D eigenvalue weighted by molar-refractivity contribution is -0.121. The molecule has 4 rings (SSSR count). The molecule has 0 unspecified atom stereocenters. The molecular weight excluding hydrogens is 408 g/mol. The summed E-state index contributed by atoms with van der Waals surface area (Å²) in [5.41, 5.74) is 1.58. The van der Waals surface area contributed by atoms with Gasteiger partial charge in [-0.25, -0.2) is 9.20 Å². The molecule has 2 aromatic heterocycles. The van der Waals surface area contributed by atoms with Crippen LogP contribution in [0, 0.1) is 6.92 Å². The van der Waals surface area contributed by atoms with Gasteiger partial charge in [-0.1, -0.05) is 12.8 Å². The Morgan fingerprint density at radius 1 is 1.09 bits per heavy atom. The van der Waals surface area contributed by atoms with Crippen molar-refractivity contribution in [3.63, 3.8) is 0 Å². The SMILES string of the molecule is COc1ccc(-c2cc3c(=O)n(CC(=O)NCCN4CCCCCC4)nc(C)n3n2)cc1. The van der Waals surface area contributed by atoms with E-state index in [4.69, 9.17) is 4.74 Å². The molecule has 170 valence electrons. The zero-order valence-electron chi connectivity index (χ0n) is 18.7. The molecule has 0 saturated carbocycles. The number of likely N-dealkylation sites (tertiary alicyclic amines) is 1. The van der Waals surface area contributed by atoms with Crippen LogP contribution in [0.5, 0.6) is 5.75 Å². The quantitative estimate of drug-likeness (QED) is 0.605. The Kier molecular flexibility index (Phi) is 6.84. The lowest BCUT2D eigenvalue weighted by Gasteiger charge is -2.19.